The fourth-order valence-corrected chi connectivity index (χ4v) is 2.16. The highest BCUT2D eigenvalue weighted by Crippen LogP contribution is 2.25. The van der Waals surface area contributed by atoms with Crippen LogP contribution in [-0.4, -0.2) is 92.6 Å². The van der Waals surface area contributed by atoms with Crippen molar-refractivity contribution in [3.63, 3.8) is 0 Å². The molecule has 2 aliphatic heterocycles. The molecule has 20 heavy (non-hydrogen) atoms. The molecule has 2 unspecified atom stereocenters. The highest BCUT2D eigenvalue weighted by molar-refractivity contribution is 4.89. The molecule has 0 amide bonds. The van der Waals surface area contributed by atoms with Gasteiger partial charge in [-0.1, -0.05) is 0 Å². The van der Waals surface area contributed by atoms with Gasteiger partial charge in [-0.2, -0.15) is 0 Å². The maximum atomic E-state index is 9.75. The molecule has 0 saturated carbocycles. The highest BCUT2D eigenvalue weighted by atomic mass is 16.8. The number of rotatable bonds is 2. The summed E-state index contributed by atoms with van der Waals surface area (Å²) in [5.41, 5.74) is 0. The molecule has 0 bridgehead atoms. The van der Waals surface area contributed by atoms with Crippen LogP contribution < -0.4 is 0 Å². The molecular formula is C11H20O9. The molecule has 0 aliphatic carbocycles. The first-order chi connectivity index (χ1) is 9.32. The van der Waals surface area contributed by atoms with Gasteiger partial charge in [-0.3, -0.25) is 0 Å². The molecule has 118 valence electrons. The first-order valence-corrected chi connectivity index (χ1v) is 6.34. The number of hydrogen-bond acceptors (Lipinski definition) is 9. The van der Waals surface area contributed by atoms with Crippen LogP contribution in [0.2, 0.25) is 0 Å². The molecule has 9 nitrogen and oxygen atoms in total. The summed E-state index contributed by atoms with van der Waals surface area (Å²) < 4.78 is 15.4. The Hall–Kier alpha value is -0.360. The number of aliphatic hydroxyl groups is 6. The second-order valence-electron chi connectivity index (χ2n) is 5.07. The molecule has 2 saturated heterocycles. The van der Waals surface area contributed by atoms with Gasteiger partial charge in [0.25, 0.3) is 0 Å². The van der Waals surface area contributed by atoms with Crippen molar-refractivity contribution in [1.82, 2.24) is 0 Å². The Morgan fingerprint density at radius 2 is 1.40 bits per heavy atom. The van der Waals surface area contributed by atoms with E-state index in [1.54, 1.807) is 0 Å². The van der Waals surface area contributed by atoms with Crippen molar-refractivity contribution >= 4 is 0 Å². The summed E-state index contributed by atoms with van der Waals surface area (Å²) in [5.74, 6) is 0. The van der Waals surface area contributed by atoms with Crippen LogP contribution in [0, 0.1) is 0 Å². The van der Waals surface area contributed by atoms with Crippen LogP contribution in [-0.2, 0) is 14.2 Å². The second-order valence-corrected chi connectivity index (χ2v) is 5.07. The third-order valence-corrected chi connectivity index (χ3v) is 3.53. The lowest BCUT2D eigenvalue weighted by Crippen LogP contribution is -2.60. The van der Waals surface area contributed by atoms with Crippen LogP contribution in [0.25, 0.3) is 0 Å². The summed E-state index contributed by atoms with van der Waals surface area (Å²) in [6.45, 7) is 1.22. The summed E-state index contributed by atoms with van der Waals surface area (Å²) >= 11 is 0. The van der Waals surface area contributed by atoms with E-state index in [9.17, 15) is 30.6 Å². The minimum atomic E-state index is -1.54. The molecule has 9 heteroatoms. The van der Waals surface area contributed by atoms with Crippen LogP contribution in [0.5, 0.6) is 0 Å². The van der Waals surface area contributed by atoms with Crippen LogP contribution in [0.3, 0.4) is 0 Å². The van der Waals surface area contributed by atoms with Crippen molar-refractivity contribution in [3.8, 4) is 0 Å². The zero-order chi connectivity index (χ0) is 15.0. The van der Waals surface area contributed by atoms with E-state index in [0.717, 1.165) is 0 Å². The van der Waals surface area contributed by atoms with Gasteiger partial charge >= 0.3 is 0 Å². The van der Waals surface area contributed by atoms with Crippen molar-refractivity contribution in [2.75, 3.05) is 6.61 Å². The topological polar surface area (TPSA) is 149 Å². The van der Waals surface area contributed by atoms with Gasteiger partial charge in [-0.05, 0) is 6.92 Å². The fraction of sp³-hybridized carbons (Fsp3) is 1.00. The van der Waals surface area contributed by atoms with Gasteiger partial charge in [-0.25, -0.2) is 0 Å². The Morgan fingerprint density at radius 3 is 2.05 bits per heavy atom. The molecule has 9 atom stereocenters. The molecule has 0 aromatic heterocycles. The Kier molecular flexibility index (Phi) is 4.95. The third-order valence-electron chi connectivity index (χ3n) is 3.53. The van der Waals surface area contributed by atoms with Gasteiger partial charge in [0.15, 0.2) is 12.6 Å². The lowest BCUT2D eigenvalue weighted by molar-refractivity contribution is -0.361. The average Bonchev–Trinajstić information content (AvgIpc) is 2.42. The number of hydrogen-bond donors (Lipinski definition) is 6. The van der Waals surface area contributed by atoms with E-state index >= 15 is 0 Å². The summed E-state index contributed by atoms with van der Waals surface area (Å²) in [6, 6.07) is 0. The molecule has 0 spiro atoms. The van der Waals surface area contributed by atoms with E-state index < -0.39 is 55.3 Å². The molecule has 2 aliphatic rings. The lowest BCUT2D eigenvalue weighted by atomic mass is 10.00. The number of ether oxygens (including phenoxy) is 3. The minimum absolute atomic E-state index is 0.257. The maximum absolute atomic E-state index is 9.75. The van der Waals surface area contributed by atoms with Crippen molar-refractivity contribution in [1.29, 1.82) is 0 Å². The highest BCUT2D eigenvalue weighted by Gasteiger charge is 2.46. The summed E-state index contributed by atoms with van der Waals surface area (Å²) in [4.78, 5) is 0. The van der Waals surface area contributed by atoms with E-state index in [0.29, 0.717) is 0 Å². The van der Waals surface area contributed by atoms with Crippen molar-refractivity contribution in [2.24, 2.45) is 0 Å². The molecule has 6 N–H and O–H groups in total. The van der Waals surface area contributed by atoms with Crippen molar-refractivity contribution in [3.05, 3.63) is 0 Å². The lowest BCUT2D eigenvalue weighted by Gasteiger charge is -2.42. The van der Waals surface area contributed by atoms with Crippen LogP contribution >= 0.6 is 0 Å². The standard InChI is InChI=1S/C11H20O9/c1-3-5(13)7(15)9(17)11(19-3)20-10-8(16)6(14)4(12)2-18-10/h3-17H,2H2,1H3/t3-,4-,5+,6+,7+,8-,9-,10?,11?/m1/s1. The summed E-state index contributed by atoms with van der Waals surface area (Å²) in [6.07, 6.45) is -12.0. The monoisotopic (exact) mass is 296 g/mol. The molecule has 0 aromatic carbocycles. The van der Waals surface area contributed by atoms with E-state index in [-0.39, 0.29) is 6.61 Å². The summed E-state index contributed by atoms with van der Waals surface area (Å²) in [5, 5.41) is 57.4. The molecule has 2 heterocycles. The zero-order valence-electron chi connectivity index (χ0n) is 10.8. The van der Waals surface area contributed by atoms with Crippen molar-refractivity contribution in [2.45, 2.75) is 62.2 Å². The van der Waals surface area contributed by atoms with E-state index in [4.69, 9.17) is 14.2 Å². The van der Waals surface area contributed by atoms with Crippen LogP contribution in [0.1, 0.15) is 6.92 Å². The Labute approximate surface area is 114 Å². The molecule has 2 rings (SSSR count). The Morgan fingerprint density at radius 1 is 0.800 bits per heavy atom. The van der Waals surface area contributed by atoms with Gasteiger partial charge in [-0.15, -0.1) is 0 Å². The minimum Gasteiger partial charge on any atom is -0.388 e. The summed E-state index contributed by atoms with van der Waals surface area (Å²) in [7, 11) is 0. The quantitative estimate of drug-likeness (QED) is 0.302. The smallest absolute Gasteiger partial charge is 0.189 e. The number of aliphatic hydroxyl groups excluding tert-OH is 6. The van der Waals surface area contributed by atoms with E-state index in [1.165, 1.54) is 6.92 Å². The SMILES string of the molecule is C[C@H]1OC(OC2OC[C@@H](O)[C@H](O)[C@H]2O)[C@H](O)[C@@H](O)[C@H]1O. The normalized spacial score (nSPS) is 53.9. The molecule has 0 radical (unpaired) electrons. The van der Waals surface area contributed by atoms with Gasteiger partial charge in [0, 0.05) is 0 Å². The average molecular weight is 296 g/mol. The van der Waals surface area contributed by atoms with Gasteiger partial charge in [0.2, 0.25) is 0 Å². The van der Waals surface area contributed by atoms with Crippen LogP contribution in [0.15, 0.2) is 0 Å². The third kappa shape index (κ3) is 2.96. The second kappa shape index (κ2) is 6.18. The largest absolute Gasteiger partial charge is 0.388 e. The molecular weight excluding hydrogens is 276 g/mol. The van der Waals surface area contributed by atoms with Gasteiger partial charge in [0.1, 0.15) is 36.6 Å². The fourth-order valence-electron chi connectivity index (χ4n) is 2.16. The molecule has 2 fully saturated rings. The predicted molar refractivity (Wildman–Crippen MR) is 61.2 cm³/mol. The van der Waals surface area contributed by atoms with Gasteiger partial charge < -0.3 is 44.8 Å². The maximum Gasteiger partial charge on any atom is 0.189 e. The Bertz CT molecular complexity index is 327. The molecule has 0 aromatic rings. The predicted octanol–water partition coefficient (Wildman–Crippen LogP) is -3.73. The van der Waals surface area contributed by atoms with E-state index in [1.807, 2.05) is 0 Å². The Balaban J connectivity index is 1.99. The van der Waals surface area contributed by atoms with E-state index in [2.05, 4.69) is 0 Å². The first kappa shape index (κ1) is 16.0. The van der Waals surface area contributed by atoms with Gasteiger partial charge in [0.05, 0.1) is 12.7 Å². The zero-order valence-corrected chi connectivity index (χ0v) is 10.8. The van der Waals surface area contributed by atoms with Crippen molar-refractivity contribution < 1.29 is 44.8 Å². The van der Waals surface area contributed by atoms with Crippen LogP contribution in [0.4, 0.5) is 0 Å². The first-order valence-electron chi connectivity index (χ1n) is 6.34.